The number of imidazole rings is 1. The largest absolute Gasteiger partial charge is 0.492 e. The van der Waals surface area contributed by atoms with Crippen molar-refractivity contribution in [2.75, 3.05) is 26.2 Å². The molecule has 0 unspecified atom stereocenters. The molecule has 4 aromatic rings. The molecule has 1 saturated heterocycles. The molecule has 0 radical (unpaired) electrons. The van der Waals surface area contributed by atoms with Crippen LogP contribution in [0.15, 0.2) is 30.7 Å². The number of fused-ring (bicyclic) bond motifs is 1. The van der Waals surface area contributed by atoms with Gasteiger partial charge >= 0.3 is 0 Å². The van der Waals surface area contributed by atoms with Crippen molar-refractivity contribution in [2.24, 2.45) is 0 Å². The van der Waals surface area contributed by atoms with Gasteiger partial charge in [0.05, 0.1) is 24.3 Å². The Morgan fingerprint density at radius 3 is 2.84 bits per heavy atom. The number of rotatable bonds is 10. The number of nitrogens with zero attached hydrogens (tertiary/aromatic N) is 6. The summed E-state index contributed by atoms with van der Waals surface area (Å²) in [6.07, 6.45) is 6.87. The van der Waals surface area contributed by atoms with E-state index in [9.17, 15) is 5.11 Å². The second kappa shape index (κ2) is 10.4. The maximum Gasteiger partial charge on any atom is 0.245 e. The van der Waals surface area contributed by atoms with Crippen molar-refractivity contribution in [3.8, 4) is 23.0 Å². The van der Waals surface area contributed by atoms with E-state index >= 15 is 0 Å². The van der Waals surface area contributed by atoms with Gasteiger partial charge in [-0.05, 0) is 51.7 Å². The highest BCUT2D eigenvalue weighted by molar-refractivity contribution is 7.11. The van der Waals surface area contributed by atoms with Gasteiger partial charge in [0.25, 0.3) is 0 Å². The summed E-state index contributed by atoms with van der Waals surface area (Å²) >= 11 is 8.57. The fourth-order valence-corrected chi connectivity index (χ4v) is 5.79. The van der Waals surface area contributed by atoms with Crippen molar-refractivity contribution in [3.63, 3.8) is 0 Å². The van der Waals surface area contributed by atoms with E-state index in [1.54, 1.807) is 11.3 Å². The van der Waals surface area contributed by atoms with Crippen LogP contribution in [-0.2, 0) is 6.54 Å². The predicted octanol–water partition coefficient (Wildman–Crippen LogP) is 4.73. The number of aliphatic hydroxyl groups excluding tert-OH is 1. The van der Waals surface area contributed by atoms with Gasteiger partial charge in [0.2, 0.25) is 5.88 Å². The number of aliphatic hydroxyl groups is 1. The zero-order chi connectivity index (χ0) is 26.3. The molecule has 11 heteroatoms. The van der Waals surface area contributed by atoms with E-state index in [0.29, 0.717) is 46.8 Å². The van der Waals surface area contributed by atoms with Crippen molar-refractivity contribution in [1.29, 1.82) is 0 Å². The average Bonchev–Trinajstić information content (AvgIpc) is 3.21. The first-order valence-electron chi connectivity index (χ1n) is 13.0. The molecule has 2 aliphatic rings. The lowest BCUT2D eigenvalue weighted by Crippen LogP contribution is -2.24. The topological polar surface area (TPSA) is 98.4 Å². The summed E-state index contributed by atoms with van der Waals surface area (Å²) < 4.78 is 14.4. The molecule has 1 aliphatic carbocycles. The minimum Gasteiger partial charge on any atom is -0.492 e. The molecule has 9 nitrogen and oxygen atoms in total. The quantitative estimate of drug-likeness (QED) is 0.281. The lowest BCUT2D eigenvalue weighted by molar-refractivity contribution is 0.173. The van der Waals surface area contributed by atoms with Crippen LogP contribution >= 0.6 is 22.9 Å². The highest BCUT2D eigenvalue weighted by atomic mass is 35.5. The minimum atomic E-state index is -0.211. The molecule has 3 aromatic heterocycles. The van der Waals surface area contributed by atoms with Crippen molar-refractivity contribution in [2.45, 2.75) is 57.8 Å². The summed E-state index contributed by atoms with van der Waals surface area (Å²) in [4.78, 5) is 22.0. The standard InChI is InChI=1S/C27H31ClN6O3S/c1-17-13-29-21(38-17)15-34-24(32-23-25(34)30-16-31-26(23)37-27(2)8-9-27)19-5-3-6-20(22(19)28)36-12-4-10-33-11-7-18(35)14-33/h3,5-6,13,16,18,35H,4,7-12,14-15H2,1-2H3/t18-/m1/s1. The zero-order valence-corrected chi connectivity index (χ0v) is 23.1. The maximum atomic E-state index is 9.74. The molecule has 38 heavy (non-hydrogen) atoms. The molecule has 1 aromatic carbocycles. The van der Waals surface area contributed by atoms with E-state index in [1.165, 1.54) is 6.33 Å². The fraction of sp³-hybridized carbons (Fsp3) is 0.481. The number of halogens is 1. The third-order valence-electron chi connectivity index (χ3n) is 7.09. The summed E-state index contributed by atoms with van der Waals surface area (Å²) in [6, 6.07) is 5.76. The van der Waals surface area contributed by atoms with Crippen molar-refractivity contribution in [1.82, 2.24) is 29.4 Å². The lowest BCUT2D eigenvalue weighted by atomic mass is 10.2. The van der Waals surface area contributed by atoms with Crippen LogP contribution in [-0.4, -0.2) is 72.5 Å². The Kier molecular flexibility index (Phi) is 6.98. The molecule has 0 amide bonds. The van der Waals surface area contributed by atoms with Crippen LogP contribution in [0.1, 0.15) is 42.5 Å². The van der Waals surface area contributed by atoms with Crippen LogP contribution < -0.4 is 9.47 Å². The summed E-state index contributed by atoms with van der Waals surface area (Å²) in [7, 11) is 0. The minimum absolute atomic E-state index is 0.198. The van der Waals surface area contributed by atoms with Crippen LogP contribution in [0.4, 0.5) is 0 Å². The molecule has 4 heterocycles. The van der Waals surface area contributed by atoms with Gasteiger partial charge in [-0.3, -0.25) is 0 Å². The molecule has 200 valence electrons. The summed E-state index contributed by atoms with van der Waals surface area (Å²) in [5, 5.41) is 11.2. The number of aryl methyl sites for hydroxylation is 1. The van der Waals surface area contributed by atoms with Gasteiger partial charge in [0, 0.05) is 36.3 Å². The van der Waals surface area contributed by atoms with Gasteiger partial charge in [0.15, 0.2) is 11.2 Å². The predicted molar refractivity (Wildman–Crippen MR) is 147 cm³/mol. The Morgan fingerprint density at radius 2 is 2.11 bits per heavy atom. The van der Waals surface area contributed by atoms with Gasteiger partial charge in [0.1, 0.15) is 28.5 Å². The SMILES string of the molecule is Cc1cnc(Cn2c(-c3cccc(OCCCN4CC[C@@H](O)C4)c3Cl)nc3c(OC4(C)CC4)ncnc32)s1. The third-order valence-corrected chi connectivity index (χ3v) is 8.37. The number of benzene rings is 1. The number of hydrogen-bond donors (Lipinski definition) is 1. The van der Waals surface area contributed by atoms with Crippen LogP contribution in [0.3, 0.4) is 0 Å². The Hall–Kier alpha value is -2.79. The van der Waals surface area contributed by atoms with E-state index < -0.39 is 0 Å². The average molecular weight is 555 g/mol. The Morgan fingerprint density at radius 1 is 1.24 bits per heavy atom. The third kappa shape index (κ3) is 5.36. The number of β-amino-alcohol motifs (C(OH)–C–C–N with tert-alkyl or cyclic N) is 1. The molecular formula is C27H31ClN6O3S. The molecular weight excluding hydrogens is 524 g/mol. The summed E-state index contributed by atoms with van der Waals surface area (Å²) in [6.45, 7) is 7.72. The normalized spacial score (nSPS) is 18.8. The second-order valence-electron chi connectivity index (χ2n) is 10.4. The van der Waals surface area contributed by atoms with Gasteiger partial charge in [-0.15, -0.1) is 11.3 Å². The van der Waals surface area contributed by atoms with Crippen LogP contribution in [0, 0.1) is 6.92 Å². The summed E-state index contributed by atoms with van der Waals surface area (Å²) in [5.74, 6) is 1.77. The summed E-state index contributed by atoms with van der Waals surface area (Å²) in [5.41, 5.74) is 1.84. The molecule has 1 N–H and O–H groups in total. The smallest absolute Gasteiger partial charge is 0.245 e. The molecule has 1 aliphatic heterocycles. The molecule has 1 saturated carbocycles. The number of likely N-dealkylation sites (tertiary alicyclic amines) is 1. The van der Waals surface area contributed by atoms with E-state index in [2.05, 4.69) is 26.8 Å². The fourth-order valence-electron chi connectivity index (χ4n) is 4.75. The van der Waals surface area contributed by atoms with Gasteiger partial charge in [-0.1, -0.05) is 17.7 Å². The maximum absolute atomic E-state index is 9.74. The monoisotopic (exact) mass is 554 g/mol. The molecule has 1 atom stereocenters. The lowest BCUT2D eigenvalue weighted by Gasteiger charge is -2.16. The molecule has 0 bridgehead atoms. The van der Waals surface area contributed by atoms with Crippen LogP contribution in [0.5, 0.6) is 11.6 Å². The van der Waals surface area contributed by atoms with Crippen molar-refractivity contribution in [3.05, 3.63) is 45.6 Å². The van der Waals surface area contributed by atoms with Gasteiger partial charge in [-0.2, -0.15) is 4.98 Å². The van der Waals surface area contributed by atoms with Crippen LogP contribution in [0.2, 0.25) is 5.02 Å². The number of ether oxygens (including phenoxy) is 2. The first-order chi connectivity index (χ1) is 18.4. The Bertz CT molecular complexity index is 1450. The second-order valence-corrected chi connectivity index (χ2v) is 12.0. The zero-order valence-electron chi connectivity index (χ0n) is 21.6. The first kappa shape index (κ1) is 25.5. The van der Waals surface area contributed by atoms with Crippen LogP contribution in [0.25, 0.3) is 22.6 Å². The van der Waals surface area contributed by atoms with Crippen molar-refractivity contribution < 1.29 is 14.6 Å². The first-order valence-corrected chi connectivity index (χ1v) is 14.2. The number of aromatic nitrogens is 5. The molecule has 2 fully saturated rings. The number of hydrogen-bond acceptors (Lipinski definition) is 9. The van der Waals surface area contributed by atoms with Gasteiger partial charge in [-0.25, -0.2) is 15.0 Å². The molecule has 0 spiro atoms. The van der Waals surface area contributed by atoms with E-state index in [4.69, 9.17) is 26.1 Å². The highest BCUT2D eigenvalue weighted by Crippen LogP contribution is 2.42. The van der Waals surface area contributed by atoms with Gasteiger partial charge < -0.3 is 24.0 Å². The Labute approximate surface area is 230 Å². The highest BCUT2D eigenvalue weighted by Gasteiger charge is 2.41. The van der Waals surface area contributed by atoms with E-state index in [1.807, 2.05) is 35.9 Å². The molecule has 6 rings (SSSR count). The number of thiazole rings is 1. The van der Waals surface area contributed by atoms with E-state index in [-0.39, 0.29) is 11.7 Å². The van der Waals surface area contributed by atoms with E-state index in [0.717, 1.165) is 60.8 Å². The van der Waals surface area contributed by atoms with Crippen molar-refractivity contribution >= 4 is 34.1 Å². The Balaban J connectivity index is 1.31.